The zero-order valence-corrected chi connectivity index (χ0v) is 9.52. The molecule has 0 unspecified atom stereocenters. The van der Waals surface area contributed by atoms with Gasteiger partial charge in [0.25, 0.3) is 0 Å². The van der Waals surface area contributed by atoms with Gasteiger partial charge in [0, 0.05) is 25.6 Å². The molecule has 3 nitrogen and oxygen atoms in total. The van der Waals surface area contributed by atoms with E-state index in [4.69, 9.17) is 0 Å². The maximum atomic E-state index is 10.3. The highest BCUT2D eigenvalue weighted by Crippen LogP contribution is 2.11. The average Bonchev–Trinajstić information content (AvgIpc) is 2.74. The summed E-state index contributed by atoms with van der Waals surface area (Å²) in [5.74, 6) is 1.07. The maximum absolute atomic E-state index is 10.3. The minimum Gasteiger partial charge on any atom is -0.358 e. The van der Waals surface area contributed by atoms with Gasteiger partial charge < -0.3 is 9.69 Å². The molecule has 3 heteroatoms. The van der Waals surface area contributed by atoms with Crippen molar-refractivity contribution in [3.8, 4) is 0 Å². The highest BCUT2D eigenvalue weighted by molar-refractivity contribution is 5.99. The van der Waals surface area contributed by atoms with E-state index in [0.717, 1.165) is 37.2 Å². The Morgan fingerprint density at radius 3 is 2.69 bits per heavy atom. The van der Waals surface area contributed by atoms with E-state index in [1.54, 1.807) is 0 Å². The van der Waals surface area contributed by atoms with Crippen LogP contribution in [0, 0.1) is 0 Å². The first-order chi connectivity index (χ1) is 7.81. The summed E-state index contributed by atoms with van der Waals surface area (Å²) < 4.78 is 0. The zero-order valence-electron chi connectivity index (χ0n) is 9.52. The van der Waals surface area contributed by atoms with Crippen LogP contribution in [0.1, 0.15) is 17.5 Å². The van der Waals surface area contributed by atoms with Crippen molar-refractivity contribution in [1.82, 2.24) is 4.90 Å². The summed E-state index contributed by atoms with van der Waals surface area (Å²) in [4.78, 5) is 16.9. The molecule has 0 saturated carbocycles. The fraction of sp³-hybridized carbons (Fsp3) is 0.385. The zero-order chi connectivity index (χ0) is 11.4. The van der Waals surface area contributed by atoms with E-state index in [1.807, 2.05) is 0 Å². The average molecular weight is 216 g/mol. The largest absolute Gasteiger partial charge is 0.358 e. The van der Waals surface area contributed by atoms with Gasteiger partial charge in [-0.1, -0.05) is 24.3 Å². The van der Waals surface area contributed by atoms with Crippen LogP contribution in [0.25, 0.3) is 0 Å². The molecule has 1 aromatic rings. The molecule has 0 atom stereocenters. The van der Waals surface area contributed by atoms with E-state index < -0.39 is 0 Å². The van der Waals surface area contributed by atoms with Crippen LogP contribution < -0.4 is 0 Å². The molecule has 0 aromatic heterocycles. The Balaban J connectivity index is 2.10. The summed E-state index contributed by atoms with van der Waals surface area (Å²) in [7, 11) is 2.06. The maximum Gasteiger partial charge on any atom is 0.130 e. The van der Waals surface area contributed by atoms with Crippen LogP contribution >= 0.6 is 0 Å². The Hall–Kier alpha value is -1.64. The Morgan fingerprint density at radius 1 is 1.38 bits per heavy atom. The van der Waals surface area contributed by atoms with Crippen LogP contribution in [0.4, 0.5) is 0 Å². The van der Waals surface area contributed by atoms with Crippen molar-refractivity contribution in [1.29, 1.82) is 0 Å². The number of rotatable bonds is 4. The SMILES string of the molecule is CN1CCN=C1c1ccc(CCC=O)cc1. The van der Waals surface area contributed by atoms with Crippen molar-refractivity contribution >= 4 is 12.1 Å². The molecule has 0 N–H and O–H groups in total. The van der Waals surface area contributed by atoms with Crippen LogP contribution in [-0.2, 0) is 11.2 Å². The monoisotopic (exact) mass is 216 g/mol. The summed E-state index contributed by atoms with van der Waals surface area (Å²) in [5.41, 5.74) is 2.37. The number of aliphatic imine (C=N–C) groups is 1. The lowest BCUT2D eigenvalue weighted by atomic mass is 10.1. The molecule has 1 aliphatic rings. The molecule has 0 bridgehead atoms. The quantitative estimate of drug-likeness (QED) is 0.715. The van der Waals surface area contributed by atoms with Gasteiger partial charge in [-0.05, 0) is 12.0 Å². The fourth-order valence-corrected chi connectivity index (χ4v) is 1.89. The Bertz CT molecular complexity index is 395. The summed E-state index contributed by atoms with van der Waals surface area (Å²) in [6.07, 6.45) is 2.38. The van der Waals surface area contributed by atoms with Gasteiger partial charge in [0.1, 0.15) is 12.1 Å². The highest BCUT2D eigenvalue weighted by Gasteiger charge is 2.13. The standard InChI is InChI=1S/C13H16N2O/c1-15-9-8-14-13(15)12-6-4-11(5-7-12)3-2-10-16/h4-7,10H,2-3,8-9H2,1H3. The number of hydrogen-bond acceptors (Lipinski definition) is 3. The second kappa shape index (κ2) is 4.92. The molecule has 0 saturated heterocycles. The number of hydrogen-bond donors (Lipinski definition) is 0. The Labute approximate surface area is 95.8 Å². The summed E-state index contributed by atoms with van der Waals surface area (Å²) in [6, 6.07) is 8.32. The van der Waals surface area contributed by atoms with E-state index in [9.17, 15) is 4.79 Å². The number of aldehydes is 1. The van der Waals surface area contributed by atoms with Gasteiger partial charge in [-0.2, -0.15) is 0 Å². The molecule has 2 rings (SSSR count). The molecule has 16 heavy (non-hydrogen) atoms. The summed E-state index contributed by atoms with van der Waals surface area (Å²) in [5, 5.41) is 0. The van der Waals surface area contributed by atoms with Crippen molar-refractivity contribution in [2.45, 2.75) is 12.8 Å². The van der Waals surface area contributed by atoms with E-state index >= 15 is 0 Å². The van der Waals surface area contributed by atoms with Gasteiger partial charge in [-0.15, -0.1) is 0 Å². The van der Waals surface area contributed by atoms with E-state index in [1.165, 1.54) is 5.56 Å². The van der Waals surface area contributed by atoms with Gasteiger partial charge in [0.2, 0.25) is 0 Å². The number of benzene rings is 1. The first-order valence-corrected chi connectivity index (χ1v) is 5.60. The normalized spacial score (nSPS) is 15.1. The van der Waals surface area contributed by atoms with E-state index in [2.05, 4.69) is 41.2 Å². The second-order valence-corrected chi connectivity index (χ2v) is 4.03. The minimum atomic E-state index is 0.597. The predicted octanol–water partition coefficient (Wildman–Crippen LogP) is 1.51. The number of nitrogens with zero attached hydrogens (tertiary/aromatic N) is 2. The highest BCUT2D eigenvalue weighted by atomic mass is 16.1. The van der Waals surface area contributed by atoms with Crippen molar-refractivity contribution in [2.75, 3.05) is 20.1 Å². The molecule has 0 fully saturated rings. The third-order valence-electron chi connectivity index (χ3n) is 2.82. The van der Waals surface area contributed by atoms with Crippen molar-refractivity contribution in [3.63, 3.8) is 0 Å². The predicted molar refractivity (Wildman–Crippen MR) is 64.9 cm³/mol. The molecule has 1 aliphatic heterocycles. The molecule has 0 amide bonds. The van der Waals surface area contributed by atoms with Gasteiger partial charge in [0.05, 0.1) is 6.54 Å². The van der Waals surface area contributed by atoms with Crippen LogP contribution in [0.15, 0.2) is 29.3 Å². The first kappa shape index (κ1) is 10.9. The number of likely N-dealkylation sites (N-methyl/N-ethyl adjacent to an activating group) is 1. The molecular weight excluding hydrogens is 200 g/mol. The van der Waals surface area contributed by atoms with Gasteiger partial charge in [-0.3, -0.25) is 4.99 Å². The lowest BCUT2D eigenvalue weighted by molar-refractivity contribution is -0.107. The van der Waals surface area contributed by atoms with E-state index in [0.29, 0.717) is 6.42 Å². The molecule has 84 valence electrons. The Morgan fingerprint density at radius 2 is 2.12 bits per heavy atom. The molecule has 1 heterocycles. The molecular formula is C13H16N2O. The minimum absolute atomic E-state index is 0.597. The van der Waals surface area contributed by atoms with Crippen LogP contribution in [0.5, 0.6) is 0 Å². The van der Waals surface area contributed by atoms with Gasteiger partial charge in [0.15, 0.2) is 0 Å². The number of carbonyl (C=O) groups excluding carboxylic acids is 1. The first-order valence-electron chi connectivity index (χ1n) is 5.60. The van der Waals surface area contributed by atoms with Crippen LogP contribution in [0.3, 0.4) is 0 Å². The summed E-state index contributed by atoms with van der Waals surface area (Å²) in [6.45, 7) is 1.89. The third kappa shape index (κ3) is 2.30. The van der Waals surface area contributed by atoms with Gasteiger partial charge >= 0.3 is 0 Å². The topological polar surface area (TPSA) is 32.7 Å². The van der Waals surface area contributed by atoms with Crippen LogP contribution in [0.2, 0.25) is 0 Å². The van der Waals surface area contributed by atoms with Crippen molar-refractivity contribution < 1.29 is 4.79 Å². The van der Waals surface area contributed by atoms with Crippen molar-refractivity contribution in [2.24, 2.45) is 4.99 Å². The lowest BCUT2D eigenvalue weighted by Crippen LogP contribution is -2.23. The number of carbonyl (C=O) groups is 1. The fourth-order valence-electron chi connectivity index (χ4n) is 1.89. The van der Waals surface area contributed by atoms with Crippen LogP contribution in [-0.4, -0.2) is 37.2 Å². The number of aryl methyl sites for hydroxylation is 1. The second-order valence-electron chi connectivity index (χ2n) is 4.03. The lowest BCUT2D eigenvalue weighted by Gasteiger charge is -2.13. The third-order valence-corrected chi connectivity index (χ3v) is 2.82. The molecule has 1 aromatic carbocycles. The number of amidine groups is 1. The smallest absolute Gasteiger partial charge is 0.130 e. The van der Waals surface area contributed by atoms with Crippen molar-refractivity contribution in [3.05, 3.63) is 35.4 Å². The molecule has 0 spiro atoms. The summed E-state index contributed by atoms with van der Waals surface area (Å²) >= 11 is 0. The van der Waals surface area contributed by atoms with E-state index in [-0.39, 0.29) is 0 Å². The molecule has 0 radical (unpaired) electrons. The Kier molecular flexibility index (Phi) is 3.34. The van der Waals surface area contributed by atoms with Gasteiger partial charge in [-0.25, -0.2) is 0 Å². The molecule has 0 aliphatic carbocycles.